The molecule has 0 amide bonds. The number of para-hydroxylation sites is 1. The maximum absolute atomic E-state index is 13.2. The first-order valence-electron chi connectivity index (χ1n) is 6.36. The molecule has 0 aliphatic heterocycles. The van der Waals surface area contributed by atoms with Crippen molar-refractivity contribution in [2.45, 2.75) is 6.54 Å². The lowest BCUT2D eigenvalue weighted by Gasteiger charge is -2.11. The van der Waals surface area contributed by atoms with Crippen molar-refractivity contribution in [3.8, 4) is 0 Å². The number of rotatable bonds is 3. The van der Waals surface area contributed by atoms with Gasteiger partial charge < -0.3 is 5.32 Å². The summed E-state index contributed by atoms with van der Waals surface area (Å²) in [5.74, 6) is -0.374. The Kier molecular flexibility index (Phi) is 4.08. The van der Waals surface area contributed by atoms with Crippen LogP contribution in [0.15, 0.2) is 53.0 Å². The Hall–Kier alpha value is -1.65. The second-order valence-corrected chi connectivity index (χ2v) is 5.85. The summed E-state index contributed by atoms with van der Waals surface area (Å²) in [4.78, 5) is 4.57. The van der Waals surface area contributed by atoms with Gasteiger partial charge >= 0.3 is 0 Å². The molecule has 106 valence electrons. The fourth-order valence-electron chi connectivity index (χ4n) is 2.10. The standard InChI is InChI=1S/C16H11BrClFN2/c17-13-7-11(19)8-14(18)16(13)20-9-12-6-5-10-3-1-2-4-15(10)21-12/h1-8,20H,9H2. The molecule has 3 rings (SSSR count). The summed E-state index contributed by atoms with van der Waals surface area (Å²) in [6.45, 7) is 0.509. The molecule has 5 heteroatoms. The quantitative estimate of drug-likeness (QED) is 0.672. The van der Waals surface area contributed by atoms with Crippen molar-refractivity contribution >= 4 is 44.1 Å². The van der Waals surface area contributed by atoms with Gasteiger partial charge in [-0.15, -0.1) is 0 Å². The Morgan fingerprint density at radius 1 is 1.14 bits per heavy atom. The van der Waals surface area contributed by atoms with Gasteiger partial charge in [-0.25, -0.2) is 4.39 Å². The molecule has 0 unspecified atom stereocenters. The first-order valence-corrected chi connectivity index (χ1v) is 7.53. The number of nitrogens with zero attached hydrogens (tertiary/aromatic N) is 1. The molecule has 3 aromatic rings. The van der Waals surface area contributed by atoms with E-state index in [4.69, 9.17) is 11.6 Å². The first-order chi connectivity index (χ1) is 10.1. The van der Waals surface area contributed by atoms with E-state index in [2.05, 4.69) is 26.2 Å². The molecule has 1 aromatic heterocycles. The minimum atomic E-state index is -0.374. The highest BCUT2D eigenvalue weighted by molar-refractivity contribution is 9.10. The van der Waals surface area contributed by atoms with Gasteiger partial charge in [-0.2, -0.15) is 0 Å². The van der Waals surface area contributed by atoms with Crippen molar-refractivity contribution in [2.75, 3.05) is 5.32 Å². The van der Waals surface area contributed by atoms with Crippen molar-refractivity contribution in [2.24, 2.45) is 0 Å². The summed E-state index contributed by atoms with van der Waals surface area (Å²) in [6.07, 6.45) is 0. The number of hydrogen-bond acceptors (Lipinski definition) is 2. The Morgan fingerprint density at radius 2 is 1.95 bits per heavy atom. The molecule has 0 atom stereocenters. The largest absolute Gasteiger partial charge is 0.377 e. The van der Waals surface area contributed by atoms with Crippen molar-refractivity contribution in [1.29, 1.82) is 0 Å². The smallest absolute Gasteiger partial charge is 0.125 e. The number of benzene rings is 2. The minimum absolute atomic E-state index is 0.336. The van der Waals surface area contributed by atoms with E-state index in [9.17, 15) is 4.39 Å². The minimum Gasteiger partial charge on any atom is -0.377 e. The van der Waals surface area contributed by atoms with Gasteiger partial charge in [-0.1, -0.05) is 35.9 Å². The van der Waals surface area contributed by atoms with Crippen LogP contribution in [0.5, 0.6) is 0 Å². The number of hydrogen-bond donors (Lipinski definition) is 1. The number of nitrogens with one attached hydrogen (secondary N) is 1. The first kappa shape index (κ1) is 14.3. The highest BCUT2D eigenvalue weighted by Gasteiger charge is 2.08. The SMILES string of the molecule is Fc1cc(Cl)c(NCc2ccc3ccccc3n2)c(Br)c1. The Bertz CT molecular complexity index is 784. The van der Waals surface area contributed by atoms with Crippen molar-refractivity contribution < 1.29 is 4.39 Å². The van der Waals surface area contributed by atoms with Crippen molar-refractivity contribution in [3.05, 3.63) is 69.5 Å². The summed E-state index contributed by atoms with van der Waals surface area (Å²) in [5, 5.41) is 4.62. The van der Waals surface area contributed by atoms with E-state index in [-0.39, 0.29) is 5.82 Å². The van der Waals surface area contributed by atoms with E-state index in [1.54, 1.807) is 0 Å². The van der Waals surface area contributed by atoms with E-state index >= 15 is 0 Å². The summed E-state index contributed by atoms with van der Waals surface area (Å²) in [6, 6.07) is 14.6. The van der Waals surface area contributed by atoms with Crippen LogP contribution in [0.2, 0.25) is 5.02 Å². The molecular weight excluding hydrogens is 355 g/mol. The van der Waals surface area contributed by atoms with Crippen LogP contribution in [0.3, 0.4) is 0 Å². The predicted molar refractivity (Wildman–Crippen MR) is 88.2 cm³/mol. The van der Waals surface area contributed by atoms with E-state index in [0.29, 0.717) is 21.7 Å². The van der Waals surface area contributed by atoms with Gasteiger partial charge in [-0.05, 0) is 40.2 Å². The Morgan fingerprint density at radius 3 is 2.76 bits per heavy atom. The lowest BCUT2D eigenvalue weighted by molar-refractivity contribution is 0.627. The van der Waals surface area contributed by atoms with E-state index in [1.165, 1.54) is 12.1 Å². The molecule has 2 nitrogen and oxygen atoms in total. The Balaban J connectivity index is 1.83. The molecule has 2 aromatic carbocycles. The molecule has 0 radical (unpaired) electrons. The van der Waals surface area contributed by atoms with Crippen molar-refractivity contribution in [3.63, 3.8) is 0 Å². The van der Waals surface area contributed by atoms with Gasteiger partial charge in [0.15, 0.2) is 0 Å². The highest BCUT2D eigenvalue weighted by Crippen LogP contribution is 2.32. The van der Waals surface area contributed by atoms with Crippen molar-refractivity contribution in [1.82, 2.24) is 4.98 Å². The number of anilines is 1. The molecule has 0 aliphatic carbocycles. The average Bonchev–Trinajstić information content (AvgIpc) is 2.46. The second kappa shape index (κ2) is 6.00. The molecule has 1 heterocycles. The van der Waals surface area contributed by atoms with E-state index in [0.717, 1.165) is 16.6 Å². The molecule has 0 bridgehead atoms. The van der Waals surface area contributed by atoms with Gasteiger partial charge in [0, 0.05) is 9.86 Å². The van der Waals surface area contributed by atoms with Crippen LogP contribution in [0.1, 0.15) is 5.69 Å². The van der Waals surface area contributed by atoms with Gasteiger partial charge in [-0.3, -0.25) is 4.98 Å². The van der Waals surface area contributed by atoms with Gasteiger partial charge in [0.1, 0.15) is 5.82 Å². The Labute approximate surface area is 135 Å². The highest BCUT2D eigenvalue weighted by atomic mass is 79.9. The van der Waals surface area contributed by atoms with Crippen LogP contribution < -0.4 is 5.32 Å². The molecule has 0 saturated carbocycles. The second-order valence-electron chi connectivity index (χ2n) is 4.59. The van der Waals surface area contributed by atoms with Crippen LogP contribution in [0.25, 0.3) is 10.9 Å². The third-order valence-corrected chi connectivity index (χ3v) is 4.03. The molecule has 21 heavy (non-hydrogen) atoms. The van der Waals surface area contributed by atoms with Crippen LogP contribution in [0, 0.1) is 5.82 Å². The average molecular weight is 366 g/mol. The number of halogens is 3. The van der Waals surface area contributed by atoms with E-state index < -0.39 is 0 Å². The number of aromatic nitrogens is 1. The molecule has 0 fully saturated rings. The van der Waals surface area contributed by atoms with Crippen LogP contribution in [-0.4, -0.2) is 4.98 Å². The molecule has 0 saturated heterocycles. The maximum Gasteiger partial charge on any atom is 0.125 e. The zero-order valence-electron chi connectivity index (χ0n) is 10.9. The van der Waals surface area contributed by atoms with Crippen LogP contribution in [-0.2, 0) is 6.54 Å². The summed E-state index contributed by atoms with van der Waals surface area (Å²) >= 11 is 9.35. The molecule has 0 spiro atoms. The summed E-state index contributed by atoms with van der Waals surface area (Å²) in [5.41, 5.74) is 2.50. The summed E-state index contributed by atoms with van der Waals surface area (Å²) in [7, 11) is 0. The fraction of sp³-hybridized carbons (Fsp3) is 0.0625. The van der Waals surface area contributed by atoms with Crippen LogP contribution in [0.4, 0.5) is 10.1 Å². The zero-order chi connectivity index (χ0) is 14.8. The lowest BCUT2D eigenvalue weighted by atomic mass is 10.2. The lowest BCUT2D eigenvalue weighted by Crippen LogP contribution is -2.03. The summed E-state index contributed by atoms with van der Waals surface area (Å²) < 4.78 is 13.8. The third kappa shape index (κ3) is 3.17. The fourth-order valence-corrected chi connectivity index (χ4v) is 3.06. The van der Waals surface area contributed by atoms with Gasteiger partial charge in [0.25, 0.3) is 0 Å². The molecule has 1 N–H and O–H groups in total. The topological polar surface area (TPSA) is 24.9 Å². The zero-order valence-corrected chi connectivity index (χ0v) is 13.2. The third-order valence-electron chi connectivity index (χ3n) is 3.11. The maximum atomic E-state index is 13.2. The predicted octanol–water partition coefficient (Wildman–Crippen LogP) is 5.40. The normalized spacial score (nSPS) is 10.8. The van der Waals surface area contributed by atoms with Gasteiger partial charge in [0.05, 0.1) is 28.5 Å². The number of pyridine rings is 1. The molecule has 0 aliphatic rings. The molecular formula is C16H11BrClFN2. The van der Waals surface area contributed by atoms with E-state index in [1.807, 2.05) is 36.4 Å². The number of fused-ring (bicyclic) bond motifs is 1. The monoisotopic (exact) mass is 364 g/mol. The van der Waals surface area contributed by atoms with Crippen LogP contribution >= 0.6 is 27.5 Å². The van der Waals surface area contributed by atoms with Gasteiger partial charge in [0.2, 0.25) is 0 Å².